The molecule has 1 aromatic carbocycles. The molecule has 12 heteroatoms. The molecule has 0 spiro atoms. The molecule has 31 heavy (non-hydrogen) atoms. The molecule has 0 aliphatic carbocycles. The number of hydrogen-bond donors (Lipinski definition) is 2. The van der Waals surface area contributed by atoms with E-state index in [9.17, 15) is 27.2 Å². The highest BCUT2D eigenvalue weighted by Crippen LogP contribution is 2.34. The third-order valence-electron chi connectivity index (χ3n) is 4.12. The van der Waals surface area contributed by atoms with Crippen LogP contribution in [0.2, 0.25) is 0 Å². The average Bonchev–Trinajstić information content (AvgIpc) is 3.00. The Morgan fingerprint density at radius 2 is 1.84 bits per heavy atom. The van der Waals surface area contributed by atoms with Gasteiger partial charge in [0.25, 0.3) is 5.91 Å². The van der Waals surface area contributed by atoms with Crippen LogP contribution in [0.1, 0.15) is 45.0 Å². The minimum absolute atomic E-state index is 0.158. The molecule has 9 nitrogen and oxygen atoms in total. The number of nitrogens with two attached hydrogens (primary N) is 1. The number of rotatable bonds is 8. The molecule has 0 saturated heterocycles. The first-order chi connectivity index (χ1) is 14.5. The predicted octanol–water partition coefficient (Wildman–Crippen LogP) is 2.38. The van der Waals surface area contributed by atoms with Gasteiger partial charge in [-0.15, -0.1) is 11.3 Å². The monoisotopic (exact) mass is 472 g/mol. The van der Waals surface area contributed by atoms with Gasteiger partial charge < -0.3 is 14.8 Å². The molecule has 2 rings (SSSR count). The molecule has 0 atom stereocenters. The highest BCUT2D eigenvalue weighted by Gasteiger charge is 2.24. The highest BCUT2D eigenvalue weighted by molar-refractivity contribution is 7.89. The largest absolute Gasteiger partial charge is 0.462 e. The molecule has 1 amide bonds. The van der Waals surface area contributed by atoms with Gasteiger partial charge in [-0.2, -0.15) is 0 Å². The number of amides is 1. The lowest BCUT2D eigenvalue weighted by Crippen LogP contribution is -2.22. The third kappa shape index (κ3) is 5.87. The van der Waals surface area contributed by atoms with Crippen LogP contribution in [0, 0.1) is 12.7 Å². The smallest absolute Gasteiger partial charge is 0.341 e. The Kier molecular flexibility index (Phi) is 7.87. The number of anilines is 1. The van der Waals surface area contributed by atoms with Gasteiger partial charge in [-0.1, -0.05) is 6.92 Å². The van der Waals surface area contributed by atoms with Gasteiger partial charge in [0.1, 0.15) is 10.8 Å². The SMILES string of the molecule is CCOC(=O)c1c(NC(=O)COC(=O)c2cc(S(N)(=O)=O)ccc2F)sc(C)c1CC. The van der Waals surface area contributed by atoms with Gasteiger partial charge in [0, 0.05) is 4.88 Å². The third-order valence-corrected chi connectivity index (χ3v) is 6.09. The summed E-state index contributed by atoms with van der Waals surface area (Å²) in [6.07, 6.45) is 0.543. The van der Waals surface area contributed by atoms with Crippen molar-refractivity contribution in [2.45, 2.75) is 32.1 Å². The van der Waals surface area contributed by atoms with Crippen molar-refractivity contribution in [2.24, 2.45) is 5.14 Å². The van der Waals surface area contributed by atoms with Crippen LogP contribution < -0.4 is 10.5 Å². The molecule has 3 N–H and O–H groups in total. The topological polar surface area (TPSA) is 142 Å². The van der Waals surface area contributed by atoms with Crippen molar-refractivity contribution in [2.75, 3.05) is 18.5 Å². The summed E-state index contributed by atoms with van der Waals surface area (Å²) in [4.78, 5) is 37.0. The van der Waals surface area contributed by atoms with E-state index >= 15 is 0 Å². The molecule has 0 saturated carbocycles. The quantitative estimate of drug-likeness (QED) is 0.562. The number of nitrogens with one attached hydrogen (secondary N) is 1. The van der Waals surface area contributed by atoms with Crippen LogP contribution in [-0.4, -0.2) is 39.5 Å². The molecular formula is C19H21FN2O7S2. The second-order valence-electron chi connectivity index (χ2n) is 6.23. The van der Waals surface area contributed by atoms with Crippen molar-refractivity contribution in [3.63, 3.8) is 0 Å². The van der Waals surface area contributed by atoms with Crippen molar-refractivity contribution >= 4 is 44.2 Å². The minimum atomic E-state index is -4.17. The normalized spacial score (nSPS) is 11.1. The number of thiophene rings is 1. The van der Waals surface area contributed by atoms with Gasteiger partial charge in [0.15, 0.2) is 6.61 Å². The van der Waals surface area contributed by atoms with E-state index in [0.29, 0.717) is 6.42 Å². The van der Waals surface area contributed by atoms with E-state index in [1.165, 1.54) is 11.3 Å². The highest BCUT2D eigenvalue weighted by atomic mass is 32.2. The molecule has 0 aliphatic rings. The Bertz CT molecular complexity index is 1130. The maximum atomic E-state index is 13.9. The van der Waals surface area contributed by atoms with Crippen LogP contribution >= 0.6 is 11.3 Å². The summed E-state index contributed by atoms with van der Waals surface area (Å²) in [6, 6.07) is 2.37. The number of benzene rings is 1. The van der Waals surface area contributed by atoms with Crippen LogP contribution in [0.15, 0.2) is 23.1 Å². The zero-order valence-corrected chi connectivity index (χ0v) is 18.6. The summed E-state index contributed by atoms with van der Waals surface area (Å²) < 4.78 is 46.5. The fourth-order valence-electron chi connectivity index (χ4n) is 2.72. The molecule has 1 aromatic heterocycles. The van der Waals surface area contributed by atoms with Gasteiger partial charge in [-0.25, -0.2) is 27.5 Å². The molecule has 2 aromatic rings. The van der Waals surface area contributed by atoms with Crippen LogP contribution in [0.5, 0.6) is 0 Å². The van der Waals surface area contributed by atoms with Gasteiger partial charge in [0.2, 0.25) is 10.0 Å². The Morgan fingerprint density at radius 3 is 2.42 bits per heavy atom. The van der Waals surface area contributed by atoms with E-state index in [1.54, 1.807) is 13.8 Å². The average molecular weight is 473 g/mol. The van der Waals surface area contributed by atoms with Crippen molar-refractivity contribution < 1.29 is 36.7 Å². The van der Waals surface area contributed by atoms with Crippen molar-refractivity contribution in [3.05, 3.63) is 45.6 Å². The molecular weight excluding hydrogens is 451 g/mol. The second kappa shape index (κ2) is 9.98. The number of aryl methyl sites for hydroxylation is 1. The summed E-state index contributed by atoms with van der Waals surface area (Å²) in [7, 11) is -4.17. The zero-order valence-electron chi connectivity index (χ0n) is 17.0. The molecule has 0 bridgehead atoms. The molecule has 0 radical (unpaired) electrons. The van der Waals surface area contributed by atoms with Gasteiger partial charge >= 0.3 is 11.9 Å². The number of halogens is 1. The van der Waals surface area contributed by atoms with E-state index < -0.39 is 50.8 Å². The van der Waals surface area contributed by atoms with Crippen LogP contribution in [0.4, 0.5) is 9.39 Å². The maximum Gasteiger partial charge on any atom is 0.341 e. The lowest BCUT2D eigenvalue weighted by Gasteiger charge is -2.09. The fourth-order valence-corrected chi connectivity index (χ4v) is 4.41. The molecule has 1 heterocycles. The van der Waals surface area contributed by atoms with Gasteiger partial charge in [-0.05, 0) is 44.0 Å². The first-order valence-corrected chi connectivity index (χ1v) is 11.4. The number of primary sulfonamides is 1. The molecule has 168 valence electrons. The number of esters is 2. The first-order valence-electron chi connectivity index (χ1n) is 9.08. The van der Waals surface area contributed by atoms with E-state index in [4.69, 9.17) is 14.6 Å². The number of ether oxygens (including phenoxy) is 2. The van der Waals surface area contributed by atoms with Crippen LogP contribution in [0.25, 0.3) is 0 Å². The molecule has 0 fully saturated rings. The first kappa shape index (κ1) is 24.4. The van der Waals surface area contributed by atoms with Crippen molar-refractivity contribution in [3.8, 4) is 0 Å². The molecule has 0 unspecified atom stereocenters. The predicted molar refractivity (Wildman–Crippen MR) is 111 cm³/mol. The Morgan fingerprint density at radius 1 is 1.16 bits per heavy atom. The lowest BCUT2D eigenvalue weighted by atomic mass is 10.1. The van der Waals surface area contributed by atoms with Crippen LogP contribution in [0.3, 0.4) is 0 Å². The lowest BCUT2D eigenvalue weighted by molar-refractivity contribution is -0.119. The number of carbonyl (C=O) groups excluding carboxylic acids is 3. The Balaban J connectivity index is 2.15. The fraction of sp³-hybridized carbons (Fsp3) is 0.316. The van der Waals surface area contributed by atoms with Crippen LogP contribution in [-0.2, 0) is 30.7 Å². The van der Waals surface area contributed by atoms with Crippen molar-refractivity contribution in [1.82, 2.24) is 0 Å². The summed E-state index contributed by atoms with van der Waals surface area (Å²) in [6.45, 7) is 4.67. The number of carbonyl (C=O) groups is 3. The van der Waals surface area contributed by atoms with E-state index in [1.807, 2.05) is 6.92 Å². The Labute approximate surface area is 182 Å². The second-order valence-corrected chi connectivity index (χ2v) is 9.01. The van der Waals surface area contributed by atoms with E-state index in [2.05, 4.69) is 5.32 Å². The minimum Gasteiger partial charge on any atom is -0.462 e. The number of hydrogen-bond acceptors (Lipinski definition) is 8. The maximum absolute atomic E-state index is 13.9. The summed E-state index contributed by atoms with van der Waals surface area (Å²) in [5, 5.41) is 7.71. The van der Waals surface area contributed by atoms with Gasteiger partial charge in [-0.3, -0.25) is 4.79 Å². The van der Waals surface area contributed by atoms with E-state index in [-0.39, 0.29) is 17.2 Å². The van der Waals surface area contributed by atoms with E-state index in [0.717, 1.165) is 28.6 Å². The summed E-state index contributed by atoms with van der Waals surface area (Å²) in [5.74, 6) is -3.65. The van der Waals surface area contributed by atoms with Crippen molar-refractivity contribution in [1.29, 1.82) is 0 Å². The standard InChI is InChI=1S/C19H21FN2O7S2/c1-4-12-10(3)30-17(16(12)19(25)28-5-2)22-15(23)9-29-18(24)13-8-11(31(21,26)27)6-7-14(13)20/h6-8H,4-5,9H2,1-3H3,(H,22,23)(H2,21,26,27). The summed E-state index contributed by atoms with van der Waals surface area (Å²) in [5.41, 5.74) is 0.280. The van der Waals surface area contributed by atoms with Gasteiger partial charge in [0.05, 0.1) is 22.6 Å². The summed E-state index contributed by atoms with van der Waals surface area (Å²) >= 11 is 1.17. The number of sulfonamides is 1. The molecule has 0 aliphatic heterocycles. The zero-order chi connectivity index (χ0) is 23.3. The Hall–Kier alpha value is -2.83.